The number of rotatable bonds is 9. The number of allylic oxidation sites excluding steroid dienone is 1. The summed E-state index contributed by atoms with van der Waals surface area (Å²) < 4.78 is 5.20. The van der Waals surface area contributed by atoms with Crippen LogP contribution in [0.15, 0.2) is 79.4 Å². The SMILES string of the molecule is C=CCC1(C)CC(c2cccc(Cl)c2)C(c2ccc(Cl)cc2)N(C(CC)c2cccc(C(=O)OCC)n2)C1=O. The second-order valence-electron chi connectivity index (χ2n) is 10.2. The van der Waals surface area contributed by atoms with Gasteiger partial charge in [-0.3, -0.25) is 4.79 Å². The molecule has 204 valence electrons. The number of likely N-dealkylation sites (tertiary alicyclic amines) is 1. The number of hydrogen-bond acceptors (Lipinski definition) is 4. The van der Waals surface area contributed by atoms with Crippen LogP contribution in [0.25, 0.3) is 0 Å². The summed E-state index contributed by atoms with van der Waals surface area (Å²) in [4.78, 5) is 33.7. The molecule has 1 aliphatic rings. The quantitative estimate of drug-likeness (QED) is 0.193. The number of ether oxygens (including phenoxy) is 1. The zero-order chi connectivity index (χ0) is 28.2. The number of nitrogens with zero attached hydrogens (tertiary/aromatic N) is 2. The Morgan fingerprint density at radius 3 is 2.46 bits per heavy atom. The maximum atomic E-state index is 14.5. The molecule has 0 aliphatic carbocycles. The molecule has 4 atom stereocenters. The Morgan fingerprint density at radius 1 is 1.10 bits per heavy atom. The Morgan fingerprint density at radius 2 is 1.82 bits per heavy atom. The predicted octanol–water partition coefficient (Wildman–Crippen LogP) is 8.36. The zero-order valence-corrected chi connectivity index (χ0v) is 24.1. The summed E-state index contributed by atoms with van der Waals surface area (Å²) in [6.45, 7) is 10.0. The van der Waals surface area contributed by atoms with Crippen molar-refractivity contribution in [3.8, 4) is 0 Å². The third kappa shape index (κ3) is 6.05. The smallest absolute Gasteiger partial charge is 0.356 e. The second-order valence-corrected chi connectivity index (χ2v) is 11.1. The van der Waals surface area contributed by atoms with E-state index >= 15 is 0 Å². The molecule has 2 aromatic carbocycles. The van der Waals surface area contributed by atoms with Crippen molar-refractivity contribution in [2.24, 2.45) is 5.41 Å². The summed E-state index contributed by atoms with van der Waals surface area (Å²) in [5.74, 6) is -0.521. The molecule has 1 aromatic heterocycles. The number of benzene rings is 2. The van der Waals surface area contributed by atoms with E-state index in [-0.39, 0.29) is 30.2 Å². The number of esters is 1. The van der Waals surface area contributed by atoms with E-state index in [9.17, 15) is 9.59 Å². The van der Waals surface area contributed by atoms with Gasteiger partial charge in [-0.15, -0.1) is 6.58 Å². The fraction of sp³-hybridized carbons (Fsp3) is 0.344. The van der Waals surface area contributed by atoms with Crippen LogP contribution in [0, 0.1) is 5.41 Å². The van der Waals surface area contributed by atoms with E-state index in [0.29, 0.717) is 35.0 Å². The van der Waals surface area contributed by atoms with E-state index in [1.165, 1.54) is 0 Å². The Balaban J connectivity index is 1.93. The van der Waals surface area contributed by atoms with Gasteiger partial charge in [0.25, 0.3) is 0 Å². The summed E-state index contributed by atoms with van der Waals surface area (Å²) in [5.41, 5.74) is 2.20. The van der Waals surface area contributed by atoms with Gasteiger partial charge >= 0.3 is 5.97 Å². The van der Waals surface area contributed by atoms with Crippen LogP contribution < -0.4 is 0 Å². The first kappa shape index (κ1) is 28.8. The van der Waals surface area contributed by atoms with Gasteiger partial charge in [0.05, 0.1) is 29.8 Å². The average molecular weight is 566 g/mol. The van der Waals surface area contributed by atoms with E-state index in [4.69, 9.17) is 27.9 Å². The van der Waals surface area contributed by atoms with Crippen molar-refractivity contribution in [3.63, 3.8) is 0 Å². The topological polar surface area (TPSA) is 59.5 Å². The molecule has 0 bridgehead atoms. The lowest BCUT2D eigenvalue weighted by Gasteiger charge is -2.52. The molecule has 0 N–H and O–H groups in total. The highest BCUT2D eigenvalue weighted by Gasteiger charge is 2.51. The first-order valence-corrected chi connectivity index (χ1v) is 14.1. The third-order valence-electron chi connectivity index (χ3n) is 7.50. The molecule has 1 aliphatic heterocycles. The lowest BCUT2D eigenvalue weighted by molar-refractivity contribution is -0.155. The summed E-state index contributed by atoms with van der Waals surface area (Å²) in [6, 6.07) is 20.1. The van der Waals surface area contributed by atoms with Crippen molar-refractivity contribution in [3.05, 3.63) is 112 Å². The fourth-order valence-electron chi connectivity index (χ4n) is 5.74. The second kappa shape index (κ2) is 12.4. The molecule has 4 rings (SSSR count). The zero-order valence-electron chi connectivity index (χ0n) is 22.6. The molecule has 2 heterocycles. The number of carbonyl (C=O) groups is 2. The first-order valence-electron chi connectivity index (χ1n) is 13.3. The van der Waals surface area contributed by atoms with Crippen LogP contribution in [0.2, 0.25) is 10.0 Å². The van der Waals surface area contributed by atoms with Crippen molar-refractivity contribution in [2.75, 3.05) is 6.61 Å². The average Bonchev–Trinajstić information content (AvgIpc) is 2.92. The van der Waals surface area contributed by atoms with Gasteiger partial charge in [-0.1, -0.05) is 73.5 Å². The number of halogens is 2. The number of hydrogen-bond donors (Lipinski definition) is 0. The van der Waals surface area contributed by atoms with Crippen LogP contribution in [-0.4, -0.2) is 28.4 Å². The normalized spacial score (nSPS) is 21.9. The molecule has 0 radical (unpaired) electrons. The minimum atomic E-state index is -0.691. The van der Waals surface area contributed by atoms with Gasteiger partial charge in [0.15, 0.2) is 0 Å². The molecule has 7 heteroatoms. The highest BCUT2D eigenvalue weighted by Crippen LogP contribution is 2.54. The highest BCUT2D eigenvalue weighted by atomic mass is 35.5. The predicted molar refractivity (Wildman–Crippen MR) is 156 cm³/mol. The molecule has 4 unspecified atom stereocenters. The van der Waals surface area contributed by atoms with Gasteiger partial charge in [-0.25, -0.2) is 9.78 Å². The lowest BCUT2D eigenvalue weighted by Crippen LogP contribution is -2.53. The Kier molecular flexibility index (Phi) is 9.14. The van der Waals surface area contributed by atoms with Crippen LogP contribution in [0.1, 0.15) is 85.3 Å². The molecule has 0 saturated carbocycles. The molecule has 5 nitrogen and oxygen atoms in total. The van der Waals surface area contributed by atoms with E-state index in [0.717, 1.165) is 11.1 Å². The standard InChI is InChI=1S/C32H34Cl2N2O3/c1-5-18-32(4)20-25(22-10-8-11-24(34)19-22)29(21-14-16-23(33)17-15-21)36(31(32)38)28(6-2)26-12-9-13-27(35-26)30(37)39-7-3/h5,8-17,19,25,28-29H,1,6-7,18,20H2,2-4H3. The van der Waals surface area contributed by atoms with Gasteiger partial charge in [0, 0.05) is 16.0 Å². The monoisotopic (exact) mass is 564 g/mol. The molecular weight excluding hydrogens is 531 g/mol. The van der Waals surface area contributed by atoms with Crippen LogP contribution in [0.4, 0.5) is 0 Å². The summed E-state index contributed by atoms with van der Waals surface area (Å²) in [5, 5.41) is 1.27. The van der Waals surface area contributed by atoms with Crippen molar-refractivity contribution < 1.29 is 14.3 Å². The van der Waals surface area contributed by atoms with E-state index in [2.05, 4.69) is 17.6 Å². The molecule has 1 fully saturated rings. The van der Waals surface area contributed by atoms with Gasteiger partial charge in [0.1, 0.15) is 5.69 Å². The Labute approximate surface area is 240 Å². The van der Waals surface area contributed by atoms with Crippen LogP contribution in [-0.2, 0) is 9.53 Å². The van der Waals surface area contributed by atoms with Crippen molar-refractivity contribution >= 4 is 35.1 Å². The van der Waals surface area contributed by atoms with Crippen LogP contribution >= 0.6 is 23.2 Å². The minimum absolute atomic E-state index is 0.0239. The maximum Gasteiger partial charge on any atom is 0.356 e. The highest BCUT2D eigenvalue weighted by molar-refractivity contribution is 6.30. The number of amides is 1. The molecule has 1 saturated heterocycles. The van der Waals surface area contributed by atoms with E-state index in [1.54, 1.807) is 19.1 Å². The summed E-state index contributed by atoms with van der Waals surface area (Å²) in [7, 11) is 0. The summed E-state index contributed by atoms with van der Waals surface area (Å²) in [6.07, 6.45) is 3.56. The number of carbonyl (C=O) groups excluding carboxylic acids is 2. The van der Waals surface area contributed by atoms with Crippen LogP contribution in [0.5, 0.6) is 0 Å². The summed E-state index contributed by atoms with van der Waals surface area (Å²) >= 11 is 12.7. The van der Waals surface area contributed by atoms with Gasteiger partial charge in [-0.05, 0) is 73.7 Å². The number of aromatic nitrogens is 1. The van der Waals surface area contributed by atoms with Crippen LogP contribution in [0.3, 0.4) is 0 Å². The van der Waals surface area contributed by atoms with E-state index < -0.39 is 17.4 Å². The molecule has 0 spiro atoms. The number of piperidine rings is 1. The lowest BCUT2D eigenvalue weighted by atomic mass is 9.67. The first-order chi connectivity index (χ1) is 18.7. The van der Waals surface area contributed by atoms with E-state index in [1.807, 2.05) is 73.4 Å². The fourth-order valence-corrected chi connectivity index (χ4v) is 6.06. The Bertz CT molecular complexity index is 1340. The minimum Gasteiger partial charge on any atom is -0.461 e. The number of pyridine rings is 1. The molecule has 3 aromatic rings. The van der Waals surface area contributed by atoms with Crippen molar-refractivity contribution in [2.45, 2.75) is 58.0 Å². The largest absolute Gasteiger partial charge is 0.461 e. The van der Waals surface area contributed by atoms with Gasteiger partial charge in [0.2, 0.25) is 5.91 Å². The molecule has 1 amide bonds. The molecule has 39 heavy (non-hydrogen) atoms. The van der Waals surface area contributed by atoms with Gasteiger partial charge < -0.3 is 9.64 Å². The van der Waals surface area contributed by atoms with Crippen molar-refractivity contribution in [1.29, 1.82) is 0 Å². The van der Waals surface area contributed by atoms with Crippen molar-refractivity contribution in [1.82, 2.24) is 9.88 Å². The third-order valence-corrected chi connectivity index (χ3v) is 7.99. The maximum absolute atomic E-state index is 14.5. The Hall–Kier alpha value is -3.15. The van der Waals surface area contributed by atoms with Gasteiger partial charge in [-0.2, -0.15) is 0 Å². The molecular formula is C32H34Cl2N2O3.